The van der Waals surface area contributed by atoms with E-state index in [2.05, 4.69) is 10.6 Å². The molecule has 0 aliphatic carbocycles. The Kier molecular flexibility index (Phi) is 39.5. The number of carboxylic acids is 2. The molecule has 0 saturated carbocycles. The normalized spacial score (nSPS) is 11.7. The summed E-state index contributed by atoms with van der Waals surface area (Å²) in [7, 11) is 0. The van der Waals surface area contributed by atoms with Gasteiger partial charge in [0.25, 0.3) is 0 Å². The van der Waals surface area contributed by atoms with E-state index in [4.69, 9.17) is 43.0 Å². The minimum absolute atomic E-state index is 0.00364. The van der Waals surface area contributed by atoms with Crippen LogP contribution in [-0.4, -0.2) is 152 Å². The third-order valence-electron chi connectivity index (χ3n) is 8.17. The van der Waals surface area contributed by atoms with E-state index >= 15 is 0 Å². The van der Waals surface area contributed by atoms with Crippen molar-refractivity contribution in [3.8, 4) is 0 Å². The van der Waals surface area contributed by atoms with Gasteiger partial charge in [-0.1, -0.05) is 64.2 Å². The predicted octanol–water partition coefficient (Wildman–Crippen LogP) is 3.68. The zero-order valence-electron chi connectivity index (χ0n) is 33.9. The van der Waals surface area contributed by atoms with Crippen LogP contribution in [0, 0.1) is 0 Å². The summed E-state index contributed by atoms with van der Waals surface area (Å²) in [6.07, 6.45) is 13.0. The number of ether oxygens (including phenoxy) is 8. The number of esters is 1. The SMILES string of the molecule is CC(=O)OCCOCCOCCOCCOCCOCCOCCOCCNC(=O)CC[C@H](NC(=O)CCCCCCCCCCCCCCC(=O)O)C(=O)O. The lowest BCUT2D eigenvalue weighted by molar-refractivity contribution is -0.143. The highest BCUT2D eigenvalue weighted by Crippen LogP contribution is 2.13. The monoisotopic (exact) mass is 808 g/mol. The summed E-state index contributed by atoms with van der Waals surface area (Å²) in [4.78, 5) is 57.2. The van der Waals surface area contributed by atoms with Crippen LogP contribution in [0.2, 0.25) is 0 Å². The third kappa shape index (κ3) is 42.2. The summed E-state index contributed by atoms with van der Waals surface area (Å²) >= 11 is 0. The van der Waals surface area contributed by atoms with Crippen LogP contribution in [0.5, 0.6) is 0 Å². The third-order valence-corrected chi connectivity index (χ3v) is 8.17. The van der Waals surface area contributed by atoms with Gasteiger partial charge in [-0.3, -0.25) is 19.2 Å². The fraction of sp³-hybridized carbons (Fsp3) is 0.872. The predicted molar refractivity (Wildman–Crippen MR) is 206 cm³/mol. The van der Waals surface area contributed by atoms with Crippen LogP contribution >= 0.6 is 0 Å². The second kappa shape index (κ2) is 41.7. The molecule has 0 fully saturated rings. The van der Waals surface area contributed by atoms with Gasteiger partial charge < -0.3 is 58.7 Å². The van der Waals surface area contributed by atoms with Crippen molar-refractivity contribution in [3.05, 3.63) is 0 Å². The molecule has 0 aromatic rings. The summed E-state index contributed by atoms with van der Waals surface area (Å²) < 4.78 is 42.6. The minimum atomic E-state index is -1.16. The van der Waals surface area contributed by atoms with Crippen LogP contribution in [0.25, 0.3) is 0 Å². The molecule has 0 aliphatic heterocycles. The molecule has 328 valence electrons. The molecule has 2 amide bonds. The van der Waals surface area contributed by atoms with E-state index in [1.54, 1.807) is 0 Å². The van der Waals surface area contributed by atoms with Gasteiger partial charge in [0.2, 0.25) is 11.8 Å². The van der Waals surface area contributed by atoms with Crippen LogP contribution < -0.4 is 10.6 Å². The summed E-state index contributed by atoms with van der Waals surface area (Å²) in [5, 5.41) is 23.4. The van der Waals surface area contributed by atoms with Crippen molar-refractivity contribution in [1.82, 2.24) is 10.6 Å². The van der Waals surface area contributed by atoms with Gasteiger partial charge in [-0.15, -0.1) is 0 Å². The number of nitrogens with one attached hydrogen (secondary N) is 2. The molecule has 1 atom stereocenters. The molecule has 0 aromatic heterocycles. The Labute approximate surface area is 333 Å². The smallest absolute Gasteiger partial charge is 0.326 e. The number of unbranched alkanes of at least 4 members (excludes halogenated alkanes) is 11. The van der Waals surface area contributed by atoms with E-state index in [1.807, 2.05) is 0 Å². The molecule has 0 spiro atoms. The van der Waals surface area contributed by atoms with E-state index in [0.29, 0.717) is 92.3 Å². The average molecular weight is 809 g/mol. The molecule has 0 aromatic carbocycles. The zero-order chi connectivity index (χ0) is 41.2. The Morgan fingerprint density at radius 3 is 1.18 bits per heavy atom. The molecule has 0 bridgehead atoms. The molecule has 0 saturated heterocycles. The fourth-order valence-electron chi connectivity index (χ4n) is 5.15. The van der Waals surface area contributed by atoms with Crippen LogP contribution in [-0.2, 0) is 61.9 Å². The Morgan fingerprint density at radius 2 is 0.804 bits per heavy atom. The summed E-state index contributed by atoms with van der Waals surface area (Å²) in [6, 6.07) is -1.11. The maximum atomic E-state index is 12.3. The molecule has 0 rings (SSSR count). The zero-order valence-corrected chi connectivity index (χ0v) is 33.9. The van der Waals surface area contributed by atoms with Gasteiger partial charge in [-0.2, -0.15) is 0 Å². The molecular weight excluding hydrogens is 736 g/mol. The fourth-order valence-corrected chi connectivity index (χ4v) is 5.15. The van der Waals surface area contributed by atoms with Gasteiger partial charge in [0.15, 0.2) is 0 Å². The topological polar surface area (TPSA) is 224 Å². The number of hydrogen-bond acceptors (Lipinski definition) is 13. The Morgan fingerprint density at radius 1 is 0.446 bits per heavy atom. The number of carboxylic acid groups (broad SMARTS) is 2. The number of carbonyl (C=O) groups excluding carboxylic acids is 3. The van der Waals surface area contributed by atoms with E-state index in [9.17, 15) is 29.1 Å². The first-order valence-electron chi connectivity index (χ1n) is 20.4. The summed E-state index contributed by atoms with van der Waals surface area (Å²) in [5.41, 5.74) is 0. The van der Waals surface area contributed by atoms with Crippen LogP contribution in [0.15, 0.2) is 0 Å². The molecule has 0 aliphatic rings. The number of amides is 2. The number of carbonyl (C=O) groups is 5. The van der Waals surface area contributed by atoms with Crippen molar-refractivity contribution in [2.75, 3.05) is 106 Å². The van der Waals surface area contributed by atoms with Gasteiger partial charge in [-0.25, -0.2) is 4.79 Å². The maximum absolute atomic E-state index is 12.3. The standard InChI is InChI=1S/C39H72N2O15/c1-34(42)56-33-32-55-31-30-54-29-28-53-27-26-52-25-24-51-23-22-50-21-20-49-19-18-40-36(43)17-16-35(39(47)48)41-37(44)14-12-10-8-6-4-2-3-5-7-9-11-13-15-38(45)46/h35H,2-33H2,1H3,(H,40,43)(H,41,44)(H,45,46)(H,47,48)/t35-/m0/s1. The van der Waals surface area contributed by atoms with Gasteiger partial charge >= 0.3 is 17.9 Å². The van der Waals surface area contributed by atoms with Crippen molar-refractivity contribution >= 4 is 29.7 Å². The maximum Gasteiger partial charge on any atom is 0.326 e. The molecule has 0 radical (unpaired) electrons. The van der Waals surface area contributed by atoms with Gasteiger partial charge in [0.05, 0.1) is 92.5 Å². The molecular formula is C39H72N2O15. The molecule has 17 nitrogen and oxygen atoms in total. The highest BCUT2D eigenvalue weighted by molar-refractivity contribution is 5.84. The lowest BCUT2D eigenvalue weighted by atomic mass is 10.0. The van der Waals surface area contributed by atoms with Crippen molar-refractivity contribution < 1.29 is 72.1 Å². The second-order valence-corrected chi connectivity index (χ2v) is 13.1. The quantitative estimate of drug-likeness (QED) is 0.0509. The molecule has 56 heavy (non-hydrogen) atoms. The highest BCUT2D eigenvalue weighted by atomic mass is 16.6. The number of aliphatic carboxylic acids is 2. The number of rotatable bonds is 44. The van der Waals surface area contributed by atoms with Gasteiger partial charge in [0, 0.05) is 32.7 Å². The van der Waals surface area contributed by atoms with Gasteiger partial charge in [0.1, 0.15) is 12.6 Å². The van der Waals surface area contributed by atoms with Crippen molar-refractivity contribution in [2.45, 2.75) is 116 Å². The van der Waals surface area contributed by atoms with Gasteiger partial charge in [-0.05, 0) is 19.3 Å². The largest absolute Gasteiger partial charge is 0.481 e. The first-order chi connectivity index (χ1) is 27.2. The van der Waals surface area contributed by atoms with Crippen LogP contribution in [0.3, 0.4) is 0 Å². The van der Waals surface area contributed by atoms with Crippen molar-refractivity contribution in [1.29, 1.82) is 0 Å². The van der Waals surface area contributed by atoms with E-state index in [1.165, 1.54) is 26.2 Å². The molecule has 4 N–H and O–H groups in total. The molecule has 0 unspecified atom stereocenters. The van der Waals surface area contributed by atoms with E-state index in [0.717, 1.165) is 51.4 Å². The van der Waals surface area contributed by atoms with E-state index < -0.39 is 18.0 Å². The lowest BCUT2D eigenvalue weighted by Gasteiger charge is -2.14. The average Bonchev–Trinajstić information content (AvgIpc) is 3.16. The van der Waals surface area contributed by atoms with Crippen molar-refractivity contribution in [2.24, 2.45) is 0 Å². The first kappa shape index (κ1) is 53.1. The Hall–Kier alpha value is -2.93. The summed E-state index contributed by atoms with van der Waals surface area (Å²) in [6.45, 7) is 7.57. The Balaban J connectivity index is 3.50. The Bertz CT molecular complexity index is 973. The van der Waals surface area contributed by atoms with Crippen LogP contribution in [0.1, 0.15) is 110 Å². The number of hydrogen-bond donors (Lipinski definition) is 4. The minimum Gasteiger partial charge on any atom is -0.481 e. The lowest BCUT2D eigenvalue weighted by Crippen LogP contribution is -2.41. The molecule has 0 heterocycles. The first-order valence-corrected chi connectivity index (χ1v) is 20.4. The van der Waals surface area contributed by atoms with Crippen LogP contribution in [0.4, 0.5) is 0 Å². The summed E-state index contributed by atoms with van der Waals surface area (Å²) in [5.74, 6) is -2.84. The van der Waals surface area contributed by atoms with Crippen molar-refractivity contribution in [3.63, 3.8) is 0 Å². The molecule has 17 heteroatoms. The second-order valence-electron chi connectivity index (χ2n) is 13.1. The highest BCUT2D eigenvalue weighted by Gasteiger charge is 2.20. The van der Waals surface area contributed by atoms with E-state index in [-0.39, 0.29) is 63.2 Å².